The lowest BCUT2D eigenvalue weighted by molar-refractivity contribution is 0.0699. The van der Waals surface area contributed by atoms with E-state index in [9.17, 15) is 9.90 Å². The van der Waals surface area contributed by atoms with Crippen LogP contribution in [0.5, 0.6) is 5.75 Å². The molecule has 14 heavy (non-hydrogen) atoms. The number of carboxylic acid groups (broad SMARTS) is 1. The van der Waals surface area contributed by atoms with E-state index in [-0.39, 0.29) is 10.6 Å². The summed E-state index contributed by atoms with van der Waals surface area (Å²) in [6.45, 7) is 0. The van der Waals surface area contributed by atoms with Gasteiger partial charge in [-0.3, -0.25) is 0 Å². The summed E-state index contributed by atoms with van der Waals surface area (Å²) in [7, 11) is 0. The van der Waals surface area contributed by atoms with Gasteiger partial charge in [0.15, 0.2) is 10.6 Å². The molecule has 4 nitrogen and oxygen atoms in total. The number of aromatic carboxylic acids is 1. The molecule has 72 valence electrons. The van der Waals surface area contributed by atoms with Gasteiger partial charge >= 0.3 is 5.97 Å². The Bertz CT molecular complexity index is 518. The van der Waals surface area contributed by atoms with Gasteiger partial charge in [-0.15, -0.1) is 11.3 Å². The van der Waals surface area contributed by atoms with Crippen LogP contribution in [0.4, 0.5) is 5.69 Å². The molecule has 1 aromatic heterocycles. The number of carbonyl (C=O) groups is 1. The van der Waals surface area contributed by atoms with Crippen LogP contribution in [0, 0.1) is 0 Å². The Hall–Kier alpha value is -1.75. The zero-order valence-electron chi connectivity index (χ0n) is 7.02. The summed E-state index contributed by atoms with van der Waals surface area (Å²) < 4.78 is 0.680. The number of nitrogens with two attached hydrogens (primary N) is 1. The van der Waals surface area contributed by atoms with Crippen LogP contribution in [0.1, 0.15) is 9.67 Å². The fourth-order valence-electron chi connectivity index (χ4n) is 1.30. The standard InChI is InChI=1S/C9H7NO3S/c10-4-2-1-3-5-6(4)7(11)8(14-5)9(12)13/h1-3,11H,10H2,(H,12,13). The minimum Gasteiger partial charge on any atom is -0.505 e. The number of thiophene rings is 1. The Morgan fingerprint density at radius 1 is 1.43 bits per heavy atom. The van der Waals surface area contributed by atoms with Crippen molar-refractivity contribution >= 4 is 33.1 Å². The molecule has 4 N–H and O–H groups in total. The molecule has 5 heteroatoms. The second-order valence-corrected chi connectivity index (χ2v) is 3.86. The van der Waals surface area contributed by atoms with Crippen LogP contribution in [0.15, 0.2) is 18.2 Å². The van der Waals surface area contributed by atoms with Crippen LogP contribution in [0.25, 0.3) is 10.1 Å². The first-order chi connectivity index (χ1) is 6.61. The monoisotopic (exact) mass is 209 g/mol. The van der Waals surface area contributed by atoms with Gasteiger partial charge in [0.2, 0.25) is 0 Å². The number of hydrogen-bond donors (Lipinski definition) is 3. The van der Waals surface area contributed by atoms with E-state index < -0.39 is 5.97 Å². The number of nitrogen functional groups attached to an aromatic ring is 1. The van der Waals surface area contributed by atoms with Crippen LogP contribution >= 0.6 is 11.3 Å². The lowest BCUT2D eigenvalue weighted by Crippen LogP contribution is -1.91. The van der Waals surface area contributed by atoms with E-state index in [1.165, 1.54) is 0 Å². The predicted molar refractivity (Wildman–Crippen MR) is 54.9 cm³/mol. The molecule has 0 atom stereocenters. The molecule has 0 aliphatic carbocycles. The third-order valence-electron chi connectivity index (χ3n) is 1.92. The molecule has 0 aliphatic heterocycles. The van der Waals surface area contributed by atoms with Crippen molar-refractivity contribution in [2.75, 3.05) is 5.73 Å². The molecule has 0 aliphatic rings. The summed E-state index contributed by atoms with van der Waals surface area (Å²) in [4.78, 5) is 10.6. The summed E-state index contributed by atoms with van der Waals surface area (Å²) in [5, 5.41) is 18.8. The van der Waals surface area contributed by atoms with E-state index >= 15 is 0 Å². The molecule has 0 saturated carbocycles. The first-order valence-electron chi connectivity index (χ1n) is 3.84. The average molecular weight is 209 g/mol. The Balaban J connectivity index is 2.87. The number of rotatable bonds is 1. The number of fused-ring (bicyclic) bond motifs is 1. The van der Waals surface area contributed by atoms with Crippen LogP contribution in [0.2, 0.25) is 0 Å². The van der Waals surface area contributed by atoms with Crippen molar-refractivity contribution < 1.29 is 15.0 Å². The van der Waals surface area contributed by atoms with Crippen molar-refractivity contribution in [3.8, 4) is 5.75 Å². The second-order valence-electron chi connectivity index (χ2n) is 2.81. The van der Waals surface area contributed by atoms with Gasteiger partial charge in [0.1, 0.15) is 0 Å². The van der Waals surface area contributed by atoms with Crippen LogP contribution in [0.3, 0.4) is 0 Å². The normalized spacial score (nSPS) is 10.6. The van der Waals surface area contributed by atoms with Crippen molar-refractivity contribution in [1.82, 2.24) is 0 Å². The van der Waals surface area contributed by atoms with Crippen molar-refractivity contribution in [2.45, 2.75) is 0 Å². The summed E-state index contributed by atoms with van der Waals surface area (Å²) in [6.07, 6.45) is 0. The fraction of sp³-hybridized carbons (Fsp3) is 0. The predicted octanol–water partition coefficient (Wildman–Crippen LogP) is 1.89. The van der Waals surface area contributed by atoms with Crippen LogP contribution in [-0.2, 0) is 0 Å². The van der Waals surface area contributed by atoms with Crippen LogP contribution in [-0.4, -0.2) is 16.2 Å². The topological polar surface area (TPSA) is 83.6 Å². The molecular weight excluding hydrogens is 202 g/mol. The van der Waals surface area contributed by atoms with Gasteiger partial charge < -0.3 is 15.9 Å². The fourth-order valence-corrected chi connectivity index (χ4v) is 2.27. The molecule has 1 heterocycles. The van der Waals surface area contributed by atoms with E-state index in [0.717, 1.165) is 11.3 Å². The SMILES string of the molecule is Nc1cccc2sc(C(=O)O)c(O)c12. The van der Waals surface area contributed by atoms with Gasteiger partial charge in [-0.05, 0) is 12.1 Å². The molecule has 0 unspecified atom stereocenters. The highest BCUT2D eigenvalue weighted by molar-refractivity contribution is 7.21. The van der Waals surface area contributed by atoms with E-state index in [1.807, 2.05) is 0 Å². The summed E-state index contributed by atoms with van der Waals surface area (Å²) in [5.41, 5.74) is 6.02. The van der Waals surface area contributed by atoms with E-state index in [1.54, 1.807) is 18.2 Å². The maximum atomic E-state index is 10.7. The molecule has 0 bridgehead atoms. The molecule has 2 rings (SSSR count). The first kappa shape index (κ1) is 8.83. The number of aromatic hydroxyl groups is 1. The molecule has 0 saturated heterocycles. The molecule has 1 aromatic carbocycles. The number of benzene rings is 1. The maximum absolute atomic E-state index is 10.7. The molecule has 0 fully saturated rings. The van der Waals surface area contributed by atoms with Crippen molar-refractivity contribution in [3.63, 3.8) is 0 Å². The average Bonchev–Trinajstić information content (AvgIpc) is 2.45. The van der Waals surface area contributed by atoms with Gasteiger partial charge in [0.25, 0.3) is 0 Å². The molecule has 2 aromatic rings. The highest BCUT2D eigenvalue weighted by Crippen LogP contribution is 2.39. The number of anilines is 1. The molecular formula is C9H7NO3S. The van der Waals surface area contributed by atoms with Crippen molar-refractivity contribution in [2.24, 2.45) is 0 Å². The van der Waals surface area contributed by atoms with Gasteiger partial charge in [-0.1, -0.05) is 6.07 Å². The molecule has 0 amide bonds. The molecule has 0 spiro atoms. The maximum Gasteiger partial charge on any atom is 0.349 e. The highest BCUT2D eigenvalue weighted by atomic mass is 32.1. The van der Waals surface area contributed by atoms with Gasteiger partial charge in [-0.25, -0.2) is 4.79 Å². The summed E-state index contributed by atoms with van der Waals surface area (Å²) in [5.74, 6) is -1.38. The van der Waals surface area contributed by atoms with Crippen LogP contribution < -0.4 is 5.73 Å². The lowest BCUT2D eigenvalue weighted by atomic mass is 10.2. The van der Waals surface area contributed by atoms with E-state index in [2.05, 4.69) is 0 Å². The quantitative estimate of drug-likeness (QED) is 0.626. The Morgan fingerprint density at radius 2 is 2.14 bits per heavy atom. The first-order valence-corrected chi connectivity index (χ1v) is 4.66. The highest BCUT2D eigenvalue weighted by Gasteiger charge is 2.18. The van der Waals surface area contributed by atoms with Gasteiger partial charge in [0.05, 0.1) is 5.39 Å². The number of hydrogen-bond acceptors (Lipinski definition) is 4. The largest absolute Gasteiger partial charge is 0.505 e. The third-order valence-corrected chi connectivity index (χ3v) is 3.05. The third kappa shape index (κ3) is 1.10. The Kier molecular flexibility index (Phi) is 1.82. The summed E-state index contributed by atoms with van der Waals surface area (Å²) >= 11 is 1.02. The summed E-state index contributed by atoms with van der Waals surface area (Å²) in [6, 6.07) is 5.07. The lowest BCUT2D eigenvalue weighted by Gasteiger charge is -1.95. The zero-order valence-corrected chi connectivity index (χ0v) is 7.84. The van der Waals surface area contributed by atoms with E-state index in [0.29, 0.717) is 15.8 Å². The Morgan fingerprint density at radius 3 is 2.71 bits per heavy atom. The van der Waals surface area contributed by atoms with Crippen molar-refractivity contribution in [3.05, 3.63) is 23.1 Å². The minimum atomic E-state index is -1.14. The number of carboxylic acids is 1. The van der Waals surface area contributed by atoms with E-state index in [4.69, 9.17) is 10.8 Å². The smallest absolute Gasteiger partial charge is 0.349 e. The Labute approximate surface area is 83.2 Å². The second kappa shape index (κ2) is 2.88. The zero-order chi connectivity index (χ0) is 10.3. The van der Waals surface area contributed by atoms with Gasteiger partial charge in [0, 0.05) is 10.4 Å². The van der Waals surface area contributed by atoms with Crippen molar-refractivity contribution in [1.29, 1.82) is 0 Å². The molecule has 0 radical (unpaired) electrons. The van der Waals surface area contributed by atoms with Gasteiger partial charge in [-0.2, -0.15) is 0 Å². The minimum absolute atomic E-state index is 0.0714.